The first-order valence-corrected chi connectivity index (χ1v) is 17.6. The molecule has 260 valence electrons. The molecule has 5 atom stereocenters. The molecule has 1 aromatic carbocycles. The van der Waals surface area contributed by atoms with Crippen molar-refractivity contribution in [3.05, 3.63) is 41.0 Å². The van der Waals surface area contributed by atoms with Gasteiger partial charge in [0.15, 0.2) is 5.78 Å². The third kappa shape index (κ3) is 8.13. The third-order valence-electron chi connectivity index (χ3n) is 9.22. The van der Waals surface area contributed by atoms with Crippen LogP contribution >= 0.6 is 15.9 Å². The molecule has 2 amide bonds. The number of aromatic nitrogens is 1. The first-order valence-electron chi connectivity index (χ1n) is 16.8. The number of esters is 1. The van der Waals surface area contributed by atoms with E-state index in [-0.39, 0.29) is 49.6 Å². The number of alkyl carbamates (subject to hydrolysis) is 1. The lowest BCUT2D eigenvalue weighted by Gasteiger charge is -2.30. The second kappa shape index (κ2) is 14.8. The Kier molecular flexibility index (Phi) is 11.0. The fourth-order valence-electron chi connectivity index (χ4n) is 6.74. The molecule has 5 rings (SSSR count). The number of benzene rings is 1. The Labute approximate surface area is 290 Å². The van der Waals surface area contributed by atoms with Crippen LogP contribution in [-0.4, -0.2) is 77.7 Å². The topological polar surface area (TPSA) is 133 Å². The Morgan fingerprint density at radius 3 is 2.69 bits per heavy atom. The minimum absolute atomic E-state index is 0.0502. The molecule has 0 bridgehead atoms. The summed E-state index contributed by atoms with van der Waals surface area (Å²) in [6.45, 7) is 7.35. The number of ketones is 1. The molecule has 0 spiro atoms. The summed E-state index contributed by atoms with van der Waals surface area (Å²) < 4.78 is 23.6. The number of rotatable bonds is 6. The molecule has 11 nitrogen and oxygen atoms in total. The van der Waals surface area contributed by atoms with Gasteiger partial charge in [-0.25, -0.2) is 9.78 Å². The minimum Gasteiger partial charge on any atom is -0.496 e. The van der Waals surface area contributed by atoms with E-state index in [1.54, 1.807) is 41.0 Å². The first-order chi connectivity index (χ1) is 22.8. The first kappa shape index (κ1) is 35.6. The number of allylic oxidation sites excluding steroid dienone is 2. The Morgan fingerprint density at radius 1 is 1.17 bits per heavy atom. The van der Waals surface area contributed by atoms with Gasteiger partial charge in [0.25, 0.3) is 0 Å². The zero-order chi connectivity index (χ0) is 34.6. The normalized spacial score (nSPS) is 27.2. The van der Waals surface area contributed by atoms with E-state index in [4.69, 9.17) is 18.9 Å². The number of carbonyl (C=O) groups is 4. The van der Waals surface area contributed by atoms with E-state index < -0.39 is 35.3 Å². The number of carbonyl (C=O) groups excluding carboxylic acids is 4. The lowest BCUT2D eigenvalue weighted by atomic mass is 9.91. The molecule has 1 saturated carbocycles. The minimum atomic E-state index is -0.950. The Bertz CT molecular complexity index is 1570. The van der Waals surface area contributed by atoms with E-state index in [0.29, 0.717) is 30.9 Å². The molecule has 2 aliphatic heterocycles. The highest BCUT2D eigenvalue weighted by Gasteiger charge is 2.61. The van der Waals surface area contributed by atoms with Crippen LogP contribution in [0.15, 0.2) is 41.0 Å². The molecule has 1 aliphatic carbocycles. The molecule has 1 N–H and O–H groups in total. The van der Waals surface area contributed by atoms with E-state index >= 15 is 0 Å². The molecule has 1 saturated heterocycles. The molecule has 2 fully saturated rings. The molecule has 0 radical (unpaired) electrons. The van der Waals surface area contributed by atoms with Gasteiger partial charge < -0.3 is 29.2 Å². The fraction of sp³-hybridized carbons (Fsp3) is 0.583. The van der Waals surface area contributed by atoms with Crippen molar-refractivity contribution in [2.75, 3.05) is 20.3 Å². The van der Waals surface area contributed by atoms with Gasteiger partial charge in [0.05, 0.1) is 36.2 Å². The fourth-order valence-corrected chi connectivity index (χ4v) is 7.25. The van der Waals surface area contributed by atoms with Gasteiger partial charge in [-0.2, -0.15) is 0 Å². The summed E-state index contributed by atoms with van der Waals surface area (Å²) in [7, 11) is 1.59. The van der Waals surface area contributed by atoms with Crippen LogP contribution in [0.5, 0.6) is 11.6 Å². The third-order valence-corrected chi connectivity index (χ3v) is 9.84. The number of pyridine rings is 1. The summed E-state index contributed by atoms with van der Waals surface area (Å²) in [4.78, 5) is 60.8. The largest absolute Gasteiger partial charge is 0.496 e. The van der Waals surface area contributed by atoms with E-state index in [0.717, 1.165) is 34.5 Å². The van der Waals surface area contributed by atoms with Crippen LogP contribution in [0.4, 0.5) is 4.79 Å². The maximum atomic E-state index is 14.4. The van der Waals surface area contributed by atoms with Gasteiger partial charge in [-0.3, -0.25) is 14.4 Å². The van der Waals surface area contributed by atoms with Gasteiger partial charge in [0, 0.05) is 24.4 Å². The van der Waals surface area contributed by atoms with Crippen molar-refractivity contribution in [3.8, 4) is 11.6 Å². The summed E-state index contributed by atoms with van der Waals surface area (Å²) in [5.74, 6) is -0.0689. The van der Waals surface area contributed by atoms with Gasteiger partial charge in [0.1, 0.15) is 23.5 Å². The Morgan fingerprint density at radius 2 is 1.96 bits per heavy atom. The SMILES string of the molecule is CCOC(=O)[C@]12CC(=O)[C@@H]3C[C@@H](Oc4nccc5cc(OC)c(Br)cc45)CN3C(=O)[C@@H](NC(=O)OC(C)(C)C)CCCCC/C=C\[C@@H]1C2. The number of hydrogen-bond acceptors (Lipinski definition) is 9. The van der Waals surface area contributed by atoms with Crippen molar-refractivity contribution in [2.24, 2.45) is 11.3 Å². The number of amides is 2. The summed E-state index contributed by atoms with van der Waals surface area (Å²) >= 11 is 3.54. The molecule has 12 heteroatoms. The zero-order valence-corrected chi connectivity index (χ0v) is 30.0. The second-order valence-electron chi connectivity index (χ2n) is 13.9. The lowest BCUT2D eigenvalue weighted by molar-refractivity contribution is -0.152. The molecule has 2 aromatic rings. The average molecular weight is 729 g/mol. The van der Waals surface area contributed by atoms with Gasteiger partial charge in [-0.05, 0) is 98.8 Å². The van der Waals surface area contributed by atoms with Crippen molar-refractivity contribution in [1.82, 2.24) is 15.2 Å². The molecule has 48 heavy (non-hydrogen) atoms. The number of methoxy groups -OCH3 is 1. The molecule has 3 heterocycles. The monoisotopic (exact) mass is 727 g/mol. The quantitative estimate of drug-likeness (QED) is 0.269. The Hall–Kier alpha value is -3.67. The van der Waals surface area contributed by atoms with E-state index in [9.17, 15) is 19.2 Å². The van der Waals surface area contributed by atoms with Crippen molar-refractivity contribution < 1.29 is 38.1 Å². The lowest BCUT2D eigenvalue weighted by Crippen LogP contribution is -2.52. The van der Waals surface area contributed by atoms with Crippen LogP contribution in [0.2, 0.25) is 0 Å². The molecule has 3 aliphatic rings. The predicted molar refractivity (Wildman–Crippen MR) is 183 cm³/mol. The number of Topliss-reactive ketones (excluding diaryl/α,β-unsaturated/α-hetero) is 1. The number of nitrogens with one attached hydrogen (secondary N) is 1. The van der Waals surface area contributed by atoms with Gasteiger partial charge in [-0.15, -0.1) is 0 Å². The number of hydrogen-bond donors (Lipinski definition) is 1. The van der Waals surface area contributed by atoms with Crippen LogP contribution in [0.3, 0.4) is 0 Å². The number of fused-ring (bicyclic) bond motifs is 3. The average Bonchev–Trinajstić information content (AvgIpc) is 3.55. The summed E-state index contributed by atoms with van der Waals surface area (Å²) in [5, 5.41) is 4.38. The highest BCUT2D eigenvalue weighted by atomic mass is 79.9. The molecule has 0 unspecified atom stereocenters. The molecular formula is C36H46BrN3O8. The van der Waals surface area contributed by atoms with E-state index in [2.05, 4.69) is 32.3 Å². The van der Waals surface area contributed by atoms with Crippen molar-refractivity contribution in [2.45, 2.75) is 103 Å². The van der Waals surface area contributed by atoms with Crippen LogP contribution < -0.4 is 14.8 Å². The van der Waals surface area contributed by atoms with E-state index in [1.807, 2.05) is 24.3 Å². The van der Waals surface area contributed by atoms with Gasteiger partial charge in [-0.1, -0.05) is 25.0 Å². The van der Waals surface area contributed by atoms with Crippen molar-refractivity contribution in [3.63, 3.8) is 0 Å². The molecular weight excluding hydrogens is 682 g/mol. The maximum absolute atomic E-state index is 14.4. The Balaban J connectivity index is 1.47. The number of nitrogens with zero attached hydrogens (tertiary/aromatic N) is 2. The van der Waals surface area contributed by atoms with Crippen LogP contribution in [0.25, 0.3) is 10.8 Å². The zero-order valence-electron chi connectivity index (χ0n) is 28.4. The van der Waals surface area contributed by atoms with E-state index in [1.165, 1.54) is 4.90 Å². The van der Waals surface area contributed by atoms with Crippen molar-refractivity contribution >= 4 is 50.5 Å². The highest BCUT2D eigenvalue weighted by Crippen LogP contribution is 2.57. The maximum Gasteiger partial charge on any atom is 0.408 e. The predicted octanol–water partition coefficient (Wildman–Crippen LogP) is 6.30. The standard InChI is InChI=1S/C36H46BrN3O8/c1-6-46-33(43)36-19-23(36)12-10-8-7-9-11-13-27(39-34(44)48-35(2,3)4)32(42)40-21-24(17-28(40)29(41)20-36)47-31-25-18-26(37)30(45-5)16-22(25)14-15-38-31/h10,12,14-16,18,23-24,27-28H,6-9,11,13,17,19-21H2,1-5H3,(H,39,44)/b12-10-/t23-,24-,27+,28+,36-/m1/s1. The van der Waals surface area contributed by atoms with Crippen LogP contribution in [0.1, 0.15) is 79.1 Å². The van der Waals surface area contributed by atoms with Gasteiger partial charge in [0.2, 0.25) is 11.8 Å². The number of ether oxygens (including phenoxy) is 4. The van der Waals surface area contributed by atoms with Crippen molar-refractivity contribution in [1.29, 1.82) is 0 Å². The van der Waals surface area contributed by atoms with Crippen LogP contribution in [0, 0.1) is 11.3 Å². The summed E-state index contributed by atoms with van der Waals surface area (Å²) in [6.07, 6.45) is 8.82. The smallest absolute Gasteiger partial charge is 0.408 e. The van der Waals surface area contributed by atoms with Gasteiger partial charge >= 0.3 is 12.1 Å². The summed E-state index contributed by atoms with van der Waals surface area (Å²) in [5.41, 5.74) is -1.70. The summed E-state index contributed by atoms with van der Waals surface area (Å²) in [6, 6.07) is 3.83. The number of halogens is 1. The highest BCUT2D eigenvalue weighted by molar-refractivity contribution is 9.10. The van der Waals surface area contributed by atoms with Crippen LogP contribution in [-0.2, 0) is 23.9 Å². The molecule has 1 aromatic heterocycles. The second-order valence-corrected chi connectivity index (χ2v) is 14.8.